The van der Waals surface area contributed by atoms with Gasteiger partial charge in [-0.3, -0.25) is 0 Å². The molecular weight excluding hydrogens is 260 g/mol. The molecule has 0 saturated carbocycles. The molecule has 0 amide bonds. The fourth-order valence-electron chi connectivity index (χ4n) is 2.50. The molecule has 2 rings (SSSR count). The number of hydrogen-bond donors (Lipinski definition) is 1. The summed E-state index contributed by atoms with van der Waals surface area (Å²) in [6.07, 6.45) is 2.89. The van der Waals surface area contributed by atoms with Crippen molar-refractivity contribution < 1.29 is 4.74 Å². The number of pyridine rings is 1. The summed E-state index contributed by atoms with van der Waals surface area (Å²) in [6.45, 7) is 9.89. The summed E-state index contributed by atoms with van der Waals surface area (Å²) in [5.41, 5.74) is 4.72. The lowest BCUT2D eigenvalue weighted by Gasteiger charge is -2.15. The molecule has 0 fully saturated rings. The molecule has 0 saturated heterocycles. The van der Waals surface area contributed by atoms with Crippen LogP contribution in [0, 0.1) is 20.8 Å². The van der Waals surface area contributed by atoms with Crippen molar-refractivity contribution in [3.05, 3.63) is 52.7 Å². The Bertz CT molecular complexity index is 585. The Morgan fingerprint density at radius 2 is 1.86 bits per heavy atom. The van der Waals surface area contributed by atoms with Crippen LogP contribution in [0.25, 0.3) is 0 Å². The topological polar surface area (TPSA) is 34.2 Å². The Kier molecular flexibility index (Phi) is 5.20. The Balaban J connectivity index is 2.13. The van der Waals surface area contributed by atoms with E-state index in [-0.39, 0.29) is 0 Å². The van der Waals surface area contributed by atoms with Crippen molar-refractivity contribution >= 4 is 5.82 Å². The van der Waals surface area contributed by atoms with Crippen molar-refractivity contribution in [3.8, 4) is 5.75 Å². The highest BCUT2D eigenvalue weighted by atomic mass is 16.5. The molecule has 2 aromatic rings. The number of ether oxygens (including phenoxy) is 1. The van der Waals surface area contributed by atoms with Crippen molar-refractivity contribution in [2.24, 2.45) is 0 Å². The van der Waals surface area contributed by atoms with E-state index in [1.165, 1.54) is 16.7 Å². The maximum absolute atomic E-state index is 6.05. The van der Waals surface area contributed by atoms with Gasteiger partial charge in [-0.1, -0.05) is 30.7 Å². The van der Waals surface area contributed by atoms with E-state index in [0.717, 1.165) is 30.1 Å². The lowest BCUT2D eigenvalue weighted by molar-refractivity contribution is 0.302. The van der Waals surface area contributed by atoms with E-state index >= 15 is 0 Å². The van der Waals surface area contributed by atoms with E-state index in [2.05, 4.69) is 56.2 Å². The molecule has 1 heterocycles. The molecule has 21 heavy (non-hydrogen) atoms. The standard InChI is InChI=1S/C18H24N2O/c1-5-8-19-18-16(7-6-9-20-18)12-21-17-14(3)10-13(2)11-15(17)4/h6-7,9-11H,5,8,12H2,1-4H3,(H,19,20). The van der Waals surface area contributed by atoms with Crippen molar-refractivity contribution in [2.75, 3.05) is 11.9 Å². The fourth-order valence-corrected chi connectivity index (χ4v) is 2.50. The van der Waals surface area contributed by atoms with Crippen LogP contribution in [0.1, 0.15) is 35.6 Å². The van der Waals surface area contributed by atoms with Crippen molar-refractivity contribution in [1.29, 1.82) is 0 Å². The molecule has 1 aromatic carbocycles. The molecule has 0 unspecified atom stereocenters. The monoisotopic (exact) mass is 284 g/mol. The van der Waals surface area contributed by atoms with Crippen molar-refractivity contribution in [1.82, 2.24) is 4.98 Å². The molecule has 0 aliphatic carbocycles. The lowest BCUT2D eigenvalue weighted by Crippen LogP contribution is -2.07. The molecule has 0 bridgehead atoms. The van der Waals surface area contributed by atoms with Gasteiger partial charge < -0.3 is 10.1 Å². The fraction of sp³-hybridized carbons (Fsp3) is 0.389. The summed E-state index contributed by atoms with van der Waals surface area (Å²) in [7, 11) is 0. The van der Waals surface area contributed by atoms with Gasteiger partial charge in [-0.05, 0) is 44.4 Å². The van der Waals surface area contributed by atoms with Gasteiger partial charge in [0.05, 0.1) is 0 Å². The van der Waals surface area contributed by atoms with Crippen LogP contribution in [-0.2, 0) is 6.61 Å². The van der Waals surface area contributed by atoms with Gasteiger partial charge in [-0.15, -0.1) is 0 Å². The minimum absolute atomic E-state index is 0.532. The third-order valence-electron chi connectivity index (χ3n) is 3.41. The molecule has 0 aliphatic rings. The lowest BCUT2D eigenvalue weighted by atomic mass is 10.1. The van der Waals surface area contributed by atoms with Crippen molar-refractivity contribution in [2.45, 2.75) is 40.7 Å². The van der Waals surface area contributed by atoms with Crippen LogP contribution in [-0.4, -0.2) is 11.5 Å². The van der Waals surface area contributed by atoms with Crippen LogP contribution in [0.2, 0.25) is 0 Å². The maximum Gasteiger partial charge on any atom is 0.132 e. The number of anilines is 1. The van der Waals surface area contributed by atoms with Crippen LogP contribution in [0.3, 0.4) is 0 Å². The predicted octanol–water partition coefficient (Wildman–Crippen LogP) is 4.41. The van der Waals surface area contributed by atoms with E-state index in [0.29, 0.717) is 6.61 Å². The number of nitrogens with zero attached hydrogens (tertiary/aromatic N) is 1. The Hall–Kier alpha value is -2.03. The Morgan fingerprint density at radius 3 is 2.52 bits per heavy atom. The third kappa shape index (κ3) is 3.97. The van der Waals surface area contributed by atoms with Crippen LogP contribution in [0.15, 0.2) is 30.5 Å². The number of rotatable bonds is 6. The minimum Gasteiger partial charge on any atom is -0.488 e. The van der Waals surface area contributed by atoms with Crippen LogP contribution in [0.4, 0.5) is 5.82 Å². The zero-order chi connectivity index (χ0) is 15.2. The average molecular weight is 284 g/mol. The Morgan fingerprint density at radius 1 is 1.14 bits per heavy atom. The van der Waals surface area contributed by atoms with Gasteiger partial charge in [0.25, 0.3) is 0 Å². The molecule has 3 nitrogen and oxygen atoms in total. The summed E-state index contributed by atoms with van der Waals surface area (Å²) in [6, 6.07) is 8.32. The smallest absolute Gasteiger partial charge is 0.132 e. The number of benzene rings is 1. The molecule has 1 aromatic heterocycles. The van der Waals surface area contributed by atoms with E-state index in [4.69, 9.17) is 4.74 Å². The van der Waals surface area contributed by atoms with Gasteiger partial charge in [0, 0.05) is 18.3 Å². The number of aryl methyl sites for hydroxylation is 3. The van der Waals surface area contributed by atoms with Crippen LogP contribution >= 0.6 is 0 Å². The van der Waals surface area contributed by atoms with E-state index in [1.807, 2.05) is 12.3 Å². The third-order valence-corrected chi connectivity index (χ3v) is 3.41. The maximum atomic E-state index is 6.05. The first-order valence-corrected chi connectivity index (χ1v) is 7.50. The molecule has 3 heteroatoms. The van der Waals surface area contributed by atoms with E-state index in [1.54, 1.807) is 0 Å². The predicted molar refractivity (Wildman–Crippen MR) is 88.0 cm³/mol. The van der Waals surface area contributed by atoms with Gasteiger partial charge in [0.2, 0.25) is 0 Å². The summed E-state index contributed by atoms with van der Waals surface area (Å²) in [5, 5.41) is 3.35. The van der Waals surface area contributed by atoms with E-state index in [9.17, 15) is 0 Å². The molecule has 0 aliphatic heterocycles. The molecule has 0 spiro atoms. The second kappa shape index (κ2) is 7.11. The summed E-state index contributed by atoms with van der Waals surface area (Å²) >= 11 is 0. The second-order valence-electron chi connectivity index (χ2n) is 5.45. The summed E-state index contributed by atoms with van der Waals surface area (Å²) in [5.74, 6) is 1.90. The molecule has 0 atom stereocenters. The first-order chi connectivity index (χ1) is 10.1. The van der Waals surface area contributed by atoms with E-state index < -0.39 is 0 Å². The summed E-state index contributed by atoms with van der Waals surface area (Å²) < 4.78 is 6.05. The Labute approximate surface area is 127 Å². The largest absolute Gasteiger partial charge is 0.488 e. The van der Waals surface area contributed by atoms with Gasteiger partial charge >= 0.3 is 0 Å². The zero-order valence-corrected chi connectivity index (χ0v) is 13.4. The summed E-state index contributed by atoms with van der Waals surface area (Å²) in [4.78, 5) is 4.40. The molecule has 1 N–H and O–H groups in total. The highest BCUT2D eigenvalue weighted by molar-refractivity contribution is 5.45. The van der Waals surface area contributed by atoms with Crippen LogP contribution in [0.5, 0.6) is 5.75 Å². The average Bonchev–Trinajstić information content (AvgIpc) is 2.45. The van der Waals surface area contributed by atoms with Crippen LogP contribution < -0.4 is 10.1 Å². The normalized spacial score (nSPS) is 10.5. The highest BCUT2D eigenvalue weighted by Crippen LogP contribution is 2.26. The van der Waals surface area contributed by atoms with Crippen molar-refractivity contribution in [3.63, 3.8) is 0 Å². The highest BCUT2D eigenvalue weighted by Gasteiger charge is 2.08. The number of aromatic nitrogens is 1. The molecule has 0 radical (unpaired) electrons. The second-order valence-corrected chi connectivity index (χ2v) is 5.45. The zero-order valence-electron chi connectivity index (χ0n) is 13.4. The quantitative estimate of drug-likeness (QED) is 0.853. The first kappa shape index (κ1) is 15.4. The first-order valence-electron chi connectivity index (χ1n) is 7.50. The van der Waals surface area contributed by atoms with Gasteiger partial charge in [-0.25, -0.2) is 4.98 Å². The molecular formula is C18H24N2O. The molecule has 112 valence electrons. The minimum atomic E-state index is 0.532. The van der Waals surface area contributed by atoms with Gasteiger partial charge in [-0.2, -0.15) is 0 Å². The number of hydrogen-bond acceptors (Lipinski definition) is 3. The SMILES string of the molecule is CCCNc1ncccc1COc1c(C)cc(C)cc1C. The van der Waals surface area contributed by atoms with Gasteiger partial charge in [0.1, 0.15) is 18.2 Å². The van der Waals surface area contributed by atoms with Gasteiger partial charge in [0.15, 0.2) is 0 Å². The number of nitrogens with one attached hydrogen (secondary N) is 1.